The lowest BCUT2D eigenvalue weighted by molar-refractivity contribution is -0.175. The fourth-order valence-electron chi connectivity index (χ4n) is 8.08. The molecule has 6 atom stereocenters. The zero-order chi connectivity index (χ0) is 33.9. The summed E-state index contributed by atoms with van der Waals surface area (Å²) in [6, 6.07) is 3.07. The lowest BCUT2D eigenvalue weighted by Gasteiger charge is -2.61. The van der Waals surface area contributed by atoms with Gasteiger partial charge in [-0.25, -0.2) is 9.59 Å². The molecule has 2 aliphatic carbocycles. The van der Waals surface area contributed by atoms with E-state index in [0.717, 1.165) is 17.7 Å². The summed E-state index contributed by atoms with van der Waals surface area (Å²) in [5.74, 6) is -0.461. The molecule has 0 saturated carbocycles. The Labute approximate surface area is 274 Å². The molecule has 2 bridgehead atoms. The van der Waals surface area contributed by atoms with E-state index in [2.05, 4.69) is 10.2 Å². The molecule has 2 fully saturated rings. The Bertz CT molecular complexity index is 1500. The summed E-state index contributed by atoms with van der Waals surface area (Å²) in [7, 11) is 3.59. The molecule has 0 radical (unpaired) electrons. The Morgan fingerprint density at radius 1 is 1.19 bits per heavy atom. The number of aliphatic hydroxyl groups is 1. The molecule has 1 aromatic rings. The average Bonchev–Trinajstić information content (AvgIpc) is 3.63. The second kappa shape index (κ2) is 12.0. The Kier molecular flexibility index (Phi) is 8.44. The largest absolute Gasteiger partial charge is 0.493 e. The predicted octanol–water partition coefficient (Wildman–Crippen LogP) is 2.35. The van der Waals surface area contributed by atoms with Gasteiger partial charge in [-0.2, -0.15) is 0 Å². The molecular formula is C34H45N3O10. The highest BCUT2D eigenvalue weighted by Gasteiger charge is 2.72. The van der Waals surface area contributed by atoms with E-state index in [1.807, 2.05) is 19.2 Å². The monoisotopic (exact) mass is 655 g/mol. The number of nitrogens with one attached hydrogen (secondary N) is 1. The van der Waals surface area contributed by atoms with Crippen molar-refractivity contribution in [1.29, 1.82) is 0 Å². The first-order chi connectivity index (χ1) is 22.2. The molecule has 13 heteroatoms. The minimum absolute atomic E-state index is 0.0295. The van der Waals surface area contributed by atoms with E-state index in [9.17, 15) is 24.3 Å². The van der Waals surface area contributed by atoms with E-state index in [4.69, 9.17) is 23.7 Å². The number of carbonyl (C=O) groups is 4. The maximum Gasteiger partial charge on any atom is 0.410 e. The first kappa shape index (κ1) is 33.1. The van der Waals surface area contributed by atoms with Crippen LogP contribution in [-0.4, -0.2) is 108 Å². The Balaban J connectivity index is 1.07. The van der Waals surface area contributed by atoms with Crippen LogP contribution >= 0.6 is 0 Å². The van der Waals surface area contributed by atoms with Crippen LogP contribution in [0.3, 0.4) is 0 Å². The van der Waals surface area contributed by atoms with Gasteiger partial charge in [-0.05, 0) is 84.7 Å². The van der Waals surface area contributed by atoms with Crippen molar-refractivity contribution in [2.45, 2.75) is 107 Å². The number of rotatable bonds is 8. The number of likely N-dealkylation sites (tertiary alicyclic amines) is 2. The lowest BCUT2D eigenvalue weighted by atomic mass is 9.50. The summed E-state index contributed by atoms with van der Waals surface area (Å²) < 4.78 is 28.8. The molecule has 13 nitrogen and oxygen atoms in total. The number of hydrogen-bond donors (Lipinski definition) is 2. The van der Waals surface area contributed by atoms with Crippen LogP contribution in [0.1, 0.15) is 70.9 Å². The van der Waals surface area contributed by atoms with Gasteiger partial charge in [0.1, 0.15) is 17.4 Å². The van der Waals surface area contributed by atoms with Gasteiger partial charge in [-0.1, -0.05) is 6.07 Å². The molecule has 3 aliphatic heterocycles. The van der Waals surface area contributed by atoms with Crippen LogP contribution in [0, 0.1) is 0 Å². The van der Waals surface area contributed by atoms with Crippen LogP contribution in [0.25, 0.3) is 0 Å². The minimum atomic E-state index is -1.24. The van der Waals surface area contributed by atoms with Gasteiger partial charge in [-0.15, -0.1) is 0 Å². The SMILES string of the molecule is COc1ccc2c3c1O[C@H]1C(OC(=O)[C@H](C)OC(=O)CCNC(=O)[C@@H]4CCCN4C(=O)OC(C)(C)C)=CC[C@@]4(O)[C@@H](C2)N(C)CC[C@]314. The Hall–Kier alpha value is -3.84. The van der Waals surface area contributed by atoms with Crippen molar-refractivity contribution in [1.82, 2.24) is 15.1 Å². The summed E-state index contributed by atoms with van der Waals surface area (Å²) in [6.45, 7) is 7.82. The smallest absolute Gasteiger partial charge is 0.410 e. The molecule has 2 N–H and O–H groups in total. The van der Waals surface area contributed by atoms with Gasteiger partial charge in [0, 0.05) is 31.1 Å². The summed E-state index contributed by atoms with van der Waals surface area (Å²) in [4.78, 5) is 54.8. The summed E-state index contributed by atoms with van der Waals surface area (Å²) >= 11 is 0. The fourth-order valence-corrected chi connectivity index (χ4v) is 8.08. The second-order valence-corrected chi connectivity index (χ2v) is 14.2. The first-order valence-corrected chi connectivity index (χ1v) is 16.4. The fraction of sp³-hybridized carbons (Fsp3) is 0.647. The zero-order valence-electron chi connectivity index (χ0n) is 27.9. The maximum atomic E-state index is 13.2. The molecule has 2 amide bonds. The summed E-state index contributed by atoms with van der Waals surface area (Å²) in [5.41, 5.74) is -0.657. The van der Waals surface area contributed by atoms with Gasteiger partial charge in [0.05, 0.1) is 24.5 Å². The molecule has 0 aromatic heterocycles. The average molecular weight is 656 g/mol. The van der Waals surface area contributed by atoms with Crippen LogP contribution < -0.4 is 14.8 Å². The van der Waals surface area contributed by atoms with E-state index in [0.29, 0.717) is 43.7 Å². The summed E-state index contributed by atoms with van der Waals surface area (Å²) in [5, 5.41) is 15.0. The number of benzene rings is 1. The van der Waals surface area contributed by atoms with Crippen molar-refractivity contribution in [3.63, 3.8) is 0 Å². The van der Waals surface area contributed by atoms with Crippen molar-refractivity contribution in [3.05, 3.63) is 35.1 Å². The molecule has 5 aliphatic rings. The number of hydrogen-bond acceptors (Lipinski definition) is 11. The van der Waals surface area contributed by atoms with Crippen LogP contribution in [0.15, 0.2) is 24.0 Å². The molecule has 2 saturated heterocycles. The Morgan fingerprint density at radius 3 is 2.68 bits per heavy atom. The number of piperidine rings is 1. The van der Waals surface area contributed by atoms with Crippen molar-refractivity contribution in [3.8, 4) is 11.5 Å². The molecule has 0 unspecified atom stereocenters. The minimum Gasteiger partial charge on any atom is -0.493 e. The van der Waals surface area contributed by atoms with E-state index in [-0.39, 0.29) is 37.1 Å². The van der Waals surface area contributed by atoms with Gasteiger partial charge in [0.15, 0.2) is 23.7 Å². The van der Waals surface area contributed by atoms with Crippen LogP contribution in [0.5, 0.6) is 11.5 Å². The lowest BCUT2D eigenvalue weighted by Crippen LogP contribution is -2.74. The third-order valence-electron chi connectivity index (χ3n) is 10.2. The third-order valence-corrected chi connectivity index (χ3v) is 10.2. The highest BCUT2D eigenvalue weighted by atomic mass is 16.6. The highest BCUT2D eigenvalue weighted by molar-refractivity contribution is 5.86. The quantitative estimate of drug-likeness (QED) is 0.314. The number of amides is 2. The van der Waals surface area contributed by atoms with Crippen molar-refractivity contribution >= 4 is 23.9 Å². The van der Waals surface area contributed by atoms with E-state index < -0.39 is 52.9 Å². The van der Waals surface area contributed by atoms with Gasteiger partial charge in [-0.3, -0.25) is 14.5 Å². The topological polar surface area (TPSA) is 153 Å². The van der Waals surface area contributed by atoms with Crippen LogP contribution in [0.2, 0.25) is 0 Å². The maximum absolute atomic E-state index is 13.2. The number of esters is 2. The van der Waals surface area contributed by atoms with Crippen LogP contribution in [0.4, 0.5) is 4.79 Å². The molecule has 256 valence electrons. The van der Waals surface area contributed by atoms with E-state index in [1.165, 1.54) is 11.8 Å². The van der Waals surface area contributed by atoms with E-state index in [1.54, 1.807) is 34.0 Å². The second-order valence-electron chi connectivity index (χ2n) is 14.2. The first-order valence-electron chi connectivity index (χ1n) is 16.4. The number of carbonyl (C=O) groups excluding carboxylic acids is 4. The van der Waals surface area contributed by atoms with Crippen molar-refractivity contribution in [2.24, 2.45) is 0 Å². The molecule has 1 spiro atoms. The normalized spacial score (nSPS) is 29.6. The molecular weight excluding hydrogens is 610 g/mol. The molecule has 3 heterocycles. The molecule has 47 heavy (non-hydrogen) atoms. The number of nitrogens with zero attached hydrogens (tertiary/aromatic N) is 2. The van der Waals surface area contributed by atoms with Crippen molar-refractivity contribution in [2.75, 3.05) is 33.8 Å². The number of methoxy groups -OCH3 is 1. The molecule has 6 rings (SSSR count). The predicted molar refractivity (Wildman–Crippen MR) is 167 cm³/mol. The zero-order valence-corrected chi connectivity index (χ0v) is 27.9. The van der Waals surface area contributed by atoms with Crippen molar-refractivity contribution < 1.29 is 48.0 Å². The standard InChI is InChI=1S/C34H45N3O10/c1-19(44-25(38)12-15-35-29(39)21-8-7-16-37(21)31(41)47-32(2,3)4)30(40)45-23-11-13-34(42)24-18-20-9-10-22(43-6)27-26(20)33(34,28(23)46-27)14-17-36(24)5/h9-11,19,21,24,28,42H,7-8,12-18H2,1-6H3,(H,35,39)/t19-,21-,24+,28-,33-,34+/m0/s1. The van der Waals surface area contributed by atoms with Gasteiger partial charge < -0.3 is 39.0 Å². The number of likely N-dealkylation sites (N-methyl/N-ethyl adjacent to an activating group) is 1. The summed E-state index contributed by atoms with van der Waals surface area (Å²) in [6.07, 6.45) is 1.66. The molecule has 1 aromatic carbocycles. The third kappa shape index (κ3) is 5.50. The Morgan fingerprint density at radius 2 is 1.96 bits per heavy atom. The van der Waals surface area contributed by atoms with Crippen LogP contribution in [-0.2, 0) is 40.4 Å². The highest BCUT2D eigenvalue weighted by Crippen LogP contribution is 2.65. The van der Waals surface area contributed by atoms with Gasteiger partial charge in [0.2, 0.25) is 5.91 Å². The number of ether oxygens (including phenoxy) is 5. The van der Waals surface area contributed by atoms with Gasteiger partial charge >= 0.3 is 18.0 Å². The van der Waals surface area contributed by atoms with Gasteiger partial charge in [0.25, 0.3) is 0 Å². The van der Waals surface area contributed by atoms with E-state index >= 15 is 0 Å².